The predicted molar refractivity (Wildman–Crippen MR) is 92.1 cm³/mol. The van der Waals surface area contributed by atoms with Crippen LogP contribution in [0, 0.1) is 29.7 Å². The Kier molecular flexibility index (Phi) is 4.90. The van der Waals surface area contributed by atoms with Crippen molar-refractivity contribution < 1.29 is 4.79 Å². The average molecular weight is 338 g/mol. The minimum atomic E-state index is -0.200. The van der Waals surface area contributed by atoms with Gasteiger partial charge in [0.15, 0.2) is 0 Å². The van der Waals surface area contributed by atoms with Crippen molar-refractivity contribution in [2.45, 2.75) is 57.5 Å². The lowest BCUT2D eigenvalue weighted by molar-refractivity contribution is -0.130. The smallest absolute Gasteiger partial charge is 0.300 e. The van der Waals surface area contributed by atoms with Crippen LogP contribution in [0.1, 0.15) is 51.4 Å². The van der Waals surface area contributed by atoms with Crippen LogP contribution in [-0.4, -0.2) is 36.6 Å². The quantitative estimate of drug-likeness (QED) is 0.800. The van der Waals surface area contributed by atoms with Gasteiger partial charge in [0.2, 0.25) is 5.91 Å². The van der Waals surface area contributed by atoms with Crippen molar-refractivity contribution in [3.63, 3.8) is 0 Å². The van der Waals surface area contributed by atoms with Gasteiger partial charge in [-0.3, -0.25) is 14.5 Å². The minimum Gasteiger partial charge on any atom is -0.308 e. The van der Waals surface area contributed by atoms with Crippen LogP contribution < -0.4 is 5.32 Å². The van der Waals surface area contributed by atoms with E-state index in [-0.39, 0.29) is 24.5 Å². The summed E-state index contributed by atoms with van der Waals surface area (Å²) in [5, 5.41) is 3.47. The number of nitrogens with zero attached hydrogens (tertiary/aromatic N) is 2. The summed E-state index contributed by atoms with van der Waals surface area (Å²) in [5.41, 5.74) is 0.485. The van der Waals surface area contributed by atoms with E-state index in [4.69, 9.17) is 6.57 Å². The molecule has 1 atom stereocenters. The molecule has 4 nitrogen and oxygen atoms in total. The van der Waals surface area contributed by atoms with E-state index >= 15 is 0 Å². The molecule has 1 amide bonds. The number of rotatable bonds is 4. The summed E-state index contributed by atoms with van der Waals surface area (Å²) in [6.07, 6.45) is 10.2. The molecule has 5 heteroatoms. The van der Waals surface area contributed by atoms with E-state index in [1.165, 1.54) is 38.5 Å². The number of likely N-dealkylation sites (tertiary alicyclic amines) is 1. The highest BCUT2D eigenvalue weighted by atomic mass is 35.5. The number of carbonyl (C=O) groups is 1. The second kappa shape index (κ2) is 6.61. The van der Waals surface area contributed by atoms with Crippen molar-refractivity contribution in [2.75, 3.05) is 19.6 Å². The van der Waals surface area contributed by atoms with Crippen LogP contribution in [0.25, 0.3) is 4.85 Å². The zero-order valence-electron chi connectivity index (χ0n) is 13.8. The largest absolute Gasteiger partial charge is 0.308 e. The summed E-state index contributed by atoms with van der Waals surface area (Å²) >= 11 is 0. The number of hydrogen-bond acceptors (Lipinski definition) is 2. The van der Waals surface area contributed by atoms with Gasteiger partial charge in [-0.15, -0.1) is 12.4 Å². The van der Waals surface area contributed by atoms with Crippen molar-refractivity contribution in [1.29, 1.82) is 0 Å². The summed E-state index contributed by atoms with van der Waals surface area (Å²) in [6, 6.07) is 0. The van der Waals surface area contributed by atoms with E-state index in [9.17, 15) is 4.79 Å². The second-order valence-corrected chi connectivity index (χ2v) is 8.36. The molecule has 0 radical (unpaired) electrons. The third-order valence-electron chi connectivity index (χ3n) is 6.63. The van der Waals surface area contributed by atoms with Crippen LogP contribution in [0.4, 0.5) is 0 Å². The number of hydrogen-bond donors (Lipinski definition) is 1. The second-order valence-electron chi connectivity index (χ2n) is 8.36. The van der Waals surface area contributed by atoms with Crippen molar-refractivity contribution >= 4 is 18.3 Å². The van der Waals surface area contributed by atoms with Crippen molar-refractivity contribution in [2.24, 2.45) is 23.2 Å². The third-order valence-corrected chi connectivity index (χ3v) is 6.63. The highest BCUT2D eigenvalue weighted by Crippen LogP contribution is 2.59. The Labute approximate surface area is 145 Å². The molecule has 0 unspecified atom stereocenters. The van der Waals surface area contributed by atoms with Gasteiger partial charge in [0, 0.05) is 19.5 Å². The molecule has 5 aliphatic rings. The summed E-state index contributed by atoms with van der Waals surface area (Å²) in [6.45, 7) is 9.40. The van der Waals surface area contributed by atoms with Gasteiger partial charge in [-0.1, -0.05) is 0 Å². The highest BCUT2D eigenvalue weighted by Gasteiger charge is 2.50. The van der Waals surface area contributed by atoms with Crippen LogP contribution in [0.15, 0.2) is 0 Å². The van der Waals surface area contributed by atoms with Crippen LogP contribution in [0.3, 0.4) is 0 Å². The van der Waals surface area contributed by atoms with E-state index in [2.05, 4.69) is 10.2 Å². The molecule has 0 aromatic rings. The molecule has 0 spiro atoms. The van der Waals surface area contributed by atoms with Crippen molar-refractivity contribution in [1.82, 2.24) is 10.2 Å². The number of nitrogens with one attached hydrogen (secondary N) is 1. The number of amides is 1. The van der Waals surface area contributed by atoms with Crippen molar-refractivity contribution in [3.05, 3.63) is 11.4 Å². The molecular formula is C18H28ClN3O. The molecular weight excluding hydrogens is 310 g/mol. The van der Waals surface area contributed by atoms with Gasteiger partial charge < -0.3 is 5.32 Å². The fourth-order valence-corrected chi connectivity index (χ4v) is 6.22. The van der Waals surface area contributed by atoms with Gasteiger partial charge in [0.1, 0.15) is 0 Å². The maximum Gasteiger partial charge on any atom is 0.300 e. The van der Waals surface area contributed by atoms with Crippen LogP contribution >= 0.6 is 12.4 Å². The standard InChI is InChI=1S/C18H27N3O.ClH/c1-19-16-3-2-4-21(16)17(22)11-20-12-18-8-13-5-14(9-18)7-15(6-13)10-18;/h13-16,20H,2-12H2;1H/t13?,14?,15?,16-,18?;/m0./s1. The Hall–Kier alpha value is -0.790. The van der Waals surface area contributed by atoms with Gasteiger partial charge >= 0.3 is 6.17 Å². The Balaban J connectivity index is 0.00000156. The highest BCUT2D eigenvalue weighted by molar-refractivity contribution is 5.85. The molecule has 4 bridgehead atoms. The average Bonchev–Trinajstić information content (AvgIpc) is 2.94. The predicted octanol–water partition coefficient (Wildman–Crippen LogP) is 3.08. The summed E-state index contributed by atoms with van der Waals surface area (Å²) in [5.74, 6) is 3.03. The minimum absolute atomic E-state index is 0. The summed E-state index contributed by atoms with van der Waals surface area (Å²) in [4.78, 5) is 17.7. The van der Waals surface area contributed by atoms with Gasteiger partial charge in [-0.2, -0.15) is 0 Å². The topological polar surface area (TPSA) is 36.7 Å². The van der Waals surface area contributed by atoms with E-state index < -0.39 is 0 Å². The molecule has 0 aromatic carbocycles. The SMILES string of the molecule is Cl.[C-]#[N+][C@@H]1CCCN1C(=O)CNCC12CC3CC(CC(C3)C1)C2. The Bertz CT molecular complexity index is 466. The van der Waals surface area contributed by atoms with Gasteiger partial charge in [-0.25, -0.2) is 6.57 Å². The lowest BCUT2D eigenvalue weighted by Gasteiger charge is -2.57. The summed E-state index contributed by atoms with van der Waals surface area (Å²) < 4.78 is 0. The van der Waals surface area contributed by atoms with E-state index in [1.807, 2.05) is 0 Å². The zero-order valence-corrected chi connectivity index (χ0v) is 14.6. The maximum atomic E-state index is 12.3. The molecule has 4 saturated carbocycles. The lowest BCUT2D eigenvalue weighted by atomic mass is 9.49. The normalized spacial score (nSPS) is 40.7. The lowest BCUT2D eigenvalue weighted by Crippen LogP contribution is -2.51. The fourth-order valence-electron chi connectivity index (χ4n) is 6.22. The van der Waals surface area contributed by atoms with E-state index in [1.54, 1.807) is 4.90 Å². The fraction of sp³-hybridized carbons (Fsp3) is 0.889. The van der Waals surface area contributed by atoms with E-state index in [0.29, 0.717) is 12.0 Å². The molecule has 23 heavy (non-hydrogen) atoms. The number of carbonyl (C=O) groups excluding carboxylic acids is 1. The van der Waals surface area contributed by atoms with Crippen molar-refractivity contribution in [3.8, 4) is 0 Å². The first-order valence-corrected chi connectivity index (χ1v) is 9.04. The molecule has 4 aliphatic carbocycles. The molecule has 0 aromatic heterocycles. The number of halogens is 1. The van der Waals surface area contributed by atoms with Gasteiger partial charge in [-0.05, 0) is 68.1 Å². The monoisotopic (exact) mass is 337 g/mol. The maximum absolute atomic E-state index is 12.3. The third kappa shape index (κ3) is 3.23. The van der Waals surface area contributed by atoms with Gasteiger partial charge in [0.25, 0.3) is 0 Å². The first kappa shape index (κ1) is 17.0. The first-order chi connectivity index (χ1) is 10.7. The van der Waals surface area contributed by atoms with Crippen LogP contribution in [0.2, 0.25) is 0 Å². The van der Waals surface area contributed by atoms with Gasteiger partial charge in [0.05, 0.1) is 6.54 Å². The van der Waals surface area contributed by atoms with E-state index in [0.717, 1.165) is 43.7 Å². The zero-order chi connectivity index (χ0) is 15.2. The molecule has 1 heterocycles. The molecule has 1 saturated heterocycles. The summed E-state index contributed by atoms with van der Waals surface area (Å²) in [7, 11) is 0. The Morgan fingerprint density at radius 2 is 1.78 bits per heavy atom. The Morgan fingerprint density at radius 3 is 2.35 bits per heavy atom. The molecule has 1 aliphatic heterocycles. The van der Waals surface area contributed by atoms with Crippen LogP contribution in [0.5, 0.6) is 0 Å². The molecule has 5 rings (SSSR count). The first-order valence-electron chi connectivity index (χ1n) is 9.04. The molecule has 5 fully saturated rings. The molecule has 128 valence electrons. The molecule has 1 N–H and O–H groups in total. The Morgan fingerprint density at radius 1 is 1.17 bits per heavy atom. The van der Waals surface area contributed by atoms with Crippen LogP contribution in [-0.2, 0) is 4.79 Å².